The first kappa shape index (κ1) is 33.8. The number of fused-ring (bicyclic) bond motifs is 1. The van der Waals surface area contributed by atoms with Crippen molar-refractivity contribution in [2.24, 2.45) is 5.41 Å². The SMILES string of the molecule is COc1ccc(N2Cc3cnc(Nc4ccc(F)cc4)nc3N(C(C)(O[Si])C(c3ccccc3)(c3ccccc3)C(C)(C)C)C2=O)c(F)c1. The molecule has 3 radical (unpaired) electrons. The molecule has 11 heteroatoms. The fraction of sp³-hybridized carbons (Fsp3) is 0.237. The summed E-state index contributed by atoms with van der Waals surface area (Å²) < 4.78 is 41.2. The fourth-order valence-corrected chi connectivity index (χ4v) is 7.46. The highest BCUT2D eigenvalue weighted by atomic mass is 28.2. The van der Waals surface area contributed by atoms with Gasteiger partial charge in [-0.3, -0.25) is 4.90 Å². The first-order chi connectivity index (χ1) is 23.4. The van der Waals surface area contributed by atoms with Gasteiger partial charge in [0.05, 0.1) is 24.8 Å². The minimum atomic E-state index is -1.58. The molecule has 1 atom stereocenters. The highest BCUT2D eigenvalue weighted by Gasteiger charge is 2.63. The number of nitrogens with zero attached hydrogens (tertiary/aromatic N) is 4. The van der Waals surface area contributed by atoms with Crippen LogP contribution >= 0.6 is 0 Å². The highest BCUT2D eigenvalue weighted by molar-refractivity contribution is 6.08. The topological polar surface area (TPSA) is 79.8 Å². The van der Waals surface area contributed by atoms with Gasteiger partial charge in [0, 0.05) is 23.5 Å². The Morgan fingerprint density at radius 1 is 0.857 bits per heavy atom. The second-order valence-electron chi connectivity index (χ2n) is 13.0. The van der Waals surface area contributed by atoms with Crippen LogP contribution in [0.15, 0.2) is 109 Å². The average molecular weight is 677 g/mol. The Morgan fingerprint density at radius 2 is 1.47 bits per heavy atom. The monoisotopic (exact) mass is 676 g/mol. The van der Waals surface area contributed by atoms with Crippen LogP contribution in [0.25, 0.3) is 0 Å². The van der Waals surface area contributed by atoms with E-state index in [1.807, 2.05) is 67.6 Å². The molecule has 1 aliphatic heterocycles. The molecule has 0 saturated carbocycles. The number of halogens is 2. The van der Waals surface area contributed by atoms with Crippen LogP contribution in [0.5, 0.6) is 5.75 Å². The summed E-state index contributed by atoms with van der Waals surface area (Å²) in [6.07, 6.45) is 1.60. The molecule has 6 rings (SSSR count). The summed E-state index contributed by atoms with van der Waals surface area (Å²) in [5, 5.41) is 3.12. The first-order valence-corrected chi connectivity index (χ1v) is 16.1. The Hall–Kier alpha value is -5.13. The van der Waals surface area contributed by atoms with E-state index in [0.29, 0.717) is 17.0 Å². The number of carbonyl (C=O) groups is 1. The number of hydrogen-bond donors (Lipinski definition) is 1. The molecule has 2 amide bonds. The van der Waals surface area contributed by atoms with Crippen LogP contribution in [0.1, 0.15) is 44.4 Å². The summed E-state index contributed by atoms with van der Waals surface area (Å²) in [5.74, 6) is -0.276. The maximum atomic E-state index is 15.8. The van der Waals surface area contributed by atoms with Crippen LogP contribution in [0.3, 0.4) is 0 Å². The predicted octanol–water partition coefficient (Wildman–Crippen LogP) is 8.30. The number of amides is 2. The van der Waals surface area contributed by atoms with Gasteiger partial charge in [0.2, 0.25) is 16.4 Å². The maximum absolute atomic E-state index is 15.8. The Bertz CT molecular complexity index is 1920. The maximum Gasteiger partial charge on any atom is 0.332 e. The smallest absolute Gasteiger partial charge is 0.332 e. The molecular formula is C38H36F2N5O3Si. The minimum absolute atomic E-state index is 0.0261. The van der Waals surface area contributed by atoms with Gasteiger partial charge >= 0.3 is 6.03 Å². The molecular weight excluding hydrogens is 641 g/mol. The van der Waals surface area contributed by atoms with Crippen LogP contribution in [0, 0.1) is 17.0 Å². The second-order valence-corrected chi connectivity index (χ2v) is 13.2. The normalized spacial score (nSPS) is 14.7. The van der Waals surface area contributed by atoms with Gasteiger partial charge in [-0.25, -0.2) is 23.5 Å². The van der Waals surface area contributed by atoms with E-state index in [0.717, 1.165) is 11.1 Å². The third kappa shape index (κ3) is 5.72. The third-order valence-corrected chi connectivity index (χ3v) is 9.61. The van der Waals surface area contributed by atoms with Crippen LogP contribution in [-0.2, 0) is 16.4 Å². The Balaban J connectivity index is 1.64. The molecule has 1 aromatic heterocycles. The molecule has 0 bridgehead atoms. The van der Waals surface area contributed by atoms with E-state index in [4.69, 9.17) is 14.1 Å². The summed E-state index contributed by atoms with van der Waals surface area (Å²) in [7, 11) is 4.92. The molecule has 249 valence electrons. The number of methoxy groups -OCH3 is 1. The summed E-state index contributed by atoms with van der Waals surface area (Å²) in [6, 6.07) is 29.3. The Labute approximate surface area is 288 Å². The number of benzene rings is 4. The zero-order chi connectivity index (χ0) is 35.0. The van der Waals surface area contributed by atoms with Crippen molar-refractivity contribution in [1.29, 1.82) is 0 Å². The lowest BCUT2D eigenvalue weighted by Crippen LogP contribution is -2.71. The standard InChI is InChI=1S/C38H36F2N5O3Si/c1-36(2,3)38(26-12-8-6-9-13-26,27-14-10-7-11-15-27)37(4,48-49)45-33-25(23-41-34(43-33)42-29-18-16-28(39)17-19-29)24-44(35(45)46)32-21-20-30(47-5)22-31(32)40/h6-23H,24H2,1-5H3,(H,41,42,43). The molecule has 8 nitrogen and oxygen atoms in total. The van der Waals surface area contributed by atoms with Crippen LogP contribution < -0.4 is 19.9 Å². The van der Waals surface area contributed by atoms with Crippen molar-refractivity contribution >= 4 is 39.7 Å². The van der Waals surface area contributed by atoms with Gasteiger partial charge in [-0.15, -0.1) is 0 Å². The zero-order valence-corrected chi connectivity index (χ0v) is 28.9. The van der Waals surface area contributed by atoms with E-state index in [9.17, 15) is 4.39 Å². The van der Waals surface area contributed by atoms with Crippen molar-refractivity contribution in [3.63, 3.8) is 0 Å². The lowest BCUT2D eigenvalue weighted by Gasteiger charge is -2.60. The quantitative estimate of drug-likeness (QED) is 0.158. The van der Waals surface area contributed by atoms with Crippen molar-refractivity contribution in [3.05, 3.63) is 138 Å². The predicted molar refractivity (Wildman–Crippen MR) is 187 cm³/mol. The molecule has 4 aromatic carbocycles. The van der Waals surface area contributed by atoms with E-state index in [2.05, 4.69) is 41.6 Å². The number of anilines is 4. The number of ether oxygens (including phenoxy) is 1. The summed E-state index contributed by atoms with van der Waals surface area (Å²) >= 11 is 0. The first-order valence-electron chi connectivity index (χ1n) is 15.7. The van der Waals surface area contributed by atoms with Gasteiger partial charge in [0.25, 0.3) is 0 Å². The fourth-order valence-electron chi connectivity index (χ4n) is 7.21. The Morgan fingerprint density at radius 3 is 2.00 bits per heavy atom. The summed E-state index contributed by atoms with van der Waals surface area (Å²) in [4.78, 5) is 27.4. The molecule has 0 spiro atoms. The van der Waals surface area contributed by atoms with E-state index in [1.165, 1.54) is 41.2 Å². The molecule has 5 aromatic rings. The van der Waals surface area contributed by atoms with Gasteiger partial charge in [0.15, 0.2) is 11.5 Å². The van der Waals surface area contributed by atoms with Crippen molar-refractivity contribution in [1.82, 2.24) is 9.97 Å². The van der Waals surface area contributed by atoms with E-state index >= 15 is 9.18 Å². The molecule has 0 saturated heterocycles. The number of urea groups is 1. The van der Waals surface area contributed by atoms with Gasteiger partial charge in [0.1, 0.15) is 17.4 Å². The lowest BCUT2D eigenvalue weighted by molar-refractivity contribution is -0.0243. The minimum Gasteiger partial charge on any atom is -0.497 e. The largest absolute Gasteiger partial charge is 0.497 e. The molecule has 0 aliphatic carbocycles. The van der Waals surface area contributed by atoms with E-state index in [1.54, 1.807) is 24.4 Å². The van der Waals surface area contributed by atoms with Gasteiger partial charge in [-0.1, -0.05) is 81.4 Å². The van der Waals surface area contributed by atoms with Crippen LogP contribution in [-0.4, -0.2) is 39.3 Å². The Kier molecular flexibility index (Phi) is 8.99. The molecule has 1 aliphatic rings. The van der Waals surface area contributed by atoms with Crippen molar-refractivity contribution in [3.8, 4) is 5.75 Å². The third-order valence-electron chi connectivity index (χ3n) is 9.21. The van der Waals surface area contributed by atoms with Crippen LogP contribution in [0.2, 0.25) is 0 Å². The molecule has 1 N–H and O–H groups in total. The summed E-state index contributed by atoms with van der Waals surface area (Å²) in [5.41, 5.74) is -0.425. The van der Waals surface area contributed by atoms with Crippen molar-refractivity contribution in [2.75, 3.05) is 22.2 Å². The highest BCUT2D eigenvalue weighted by Crippen LogP contribution is 2.57. The van der Waals surface area contributed by atoms with Gasteiger partial charge < -0.3 is 14.5 Å². The number of nitrogens with one attached hydrogen (secondary N) is 1. The van der Waals surface area contributed by atoms with E-state index < -0.39 is 28.4 Å². The van der Waals surface area contributed by atoms with Gasteiger partial charge in [-0.05, 0) is 59.9 Å². The van der Waals surface area contributed by atoms with Crippen LogP contribution in [0.4, 0.5) is 36.7 Å². The van der Waals surface area contributed by atoms with Crippen molar-refractivity contribution in [2.45, 2.75) is 45.4 Å². The van der Waals surface area contributed by atoms with E-state index in [-0.39, 0.29) is 29.8 Å². The van der Waals surface area contributed by atoms with Gasteiger partial charge in [-0.2, -0.15) is 4.98 Å². The molecule has 1 unspecified atom stereocenters. The lowest BCUT2D eigenvalue weighted by atomic mass is 9.53. The van der Waals surface area contributed by atoms with Crippen molar-refractivity contribution < 1.29 is 22.7 Å². The average Bonchev–Trinajstić information content (AvgIpc) is 3.09. The number of aromatic nitrogens is 2. The number of hydrogen-bond acceptors (Lipinski definition) is 6. The molecule has 49 heavy (non-hydrogen) atoms. The number of carbonyl (C=O) groups excluding carboxylic acids is 1. The zero-order valence-electron chi connectivity index (χ0n) is 27.9. The summed E-state index contributed by atoms with van der Waals surface area (Å²) in [6.45, 7) is 8.08. The number of rotatable bonds is 9. The second kappa shape index (κ2) is 13.1. The molecule has 2 heterocycles. The molecule has 0 fully saturated rings.